The first-order chi connectivity index (χ1) is 49.6. The highest BCUT2D eigenvalue weighted by molar-refractivity contribution is 5.70. The number of likely N-dealkylation sites (N-methyl/N-ethyl adjacent to an activating group) is 1. The van der Waals surface area contributed by atoms with E-state index in [0.29, 0.717) is 17.4 Å². The molecule has 0 aliphatic rings. The standard InChI is InChI=1S/C92H161NO8/c1-6-8-10-12-14-16-18-20-22-24-26-28-30-32-34-36-38-40-42-43-44-45-46-47-49-50-52-54-56-58-60-62-64-66-68-70-72-74-76-78-80-82-89(94)99-86-88(87-100-92(91(96)97)98-85-84-93(3,4)5)101-90(95)83-81-79-77-75-73-71-69-67-65-63-61-59-57-55-53-51-48-41-39-37-35-33-31-29-27-25-23-21-19-17-15-13-11-9-7-2/h9,11,15,17,21,23,27,29,33,35,39,41,51,53,57,59,63,65,69,71,88,92H,6-8,10,12-14,16,18-20,22,24-26,28,30-32,34,36-38,40,42-50,52,54-56,58,60-62,64,66-68,70,72-87H2,1-5H3/b11-9-,17-15-,23-21-,29-27-,35-33-,41-39-,53-51-,59-57-,65-63-,71-69-. The number of hydrogen-bond donors (Lipinski definition) is 0. The molecule has 9 nitrogen and oxygen atoms in total. The number of carboxylic acid groups (broad SMARTS) is 1. The van der Waals surface area contributed by atoms with Gasteiger partial charge in [-0.3, -0.25) is 9.59 Å². The largest absolute Gasteiger partial charge is 0.545 e. The molecule has 582 valence electrons. The number of carbonyl (C=O) groups is 3. The minimum absolute atomic E-state index is 0.138. The second-order valence-electron chi connectivity index (χ2n) is 29.8. The van der Waals surface area contributed by atoms with Gasteiger partial charge in [-0.2, -0.15) is 0 Å². The molecule has 0 fully saturated rings. The second-order valence-corrected chi connectivity index (χ2v) is 29.8. The molecule has 101 heavy (non-hydrogen) atoms. The Hall–Kier alpha value is -4.31. The van der Waals surface area contributed by atoms with Gasteiger partial charge < -0.3 is 33.3 Å². The molecule has 0 spiro atoms. The molecule has 0 aliphatic carbocycles. The number of ether oxygens (including phenoxy) is 4. The lowest BCUT2D eigenvalue weighted by molar-refractivity contribution is -0.870. The molecule has 0 amide bonds. The lowest BCUT2D eigenvalue weighted by Crippen LogP contribution is -2.44. The van der Waals surface area contributed by atoms with Crippen molar-refractivity contribution in [2.75, 3.05) is 47.5 Å². The van der Waals surface area contributed by atoms with E-state index in [1.807, 2.05) is 21.1 Å². The predicted octanol–water partition coefficient (Wildman–Crippen LogP) is 26.5. The minimum atomic E-state index is -1.64. The summed E-state index contributed by atoms with van der Waals surface area (Å²) in [6, 6.07) is 0. The number of quaternary nitrogens is 1. The number of hydrogen-bond acceptors (Lipinski definition) is 8. The molecule has 0 saturated carbocycles. The van der Waals surface area contributed by atoms with Crippen LogP contribution in [-0.4, -0.2) is 82.3 Å². The molecule has 0 aromatic rings. The predicted molar refractivity (Wildman–Crippen MR) is 435 cm³/mol. The number of esters is 2. The summed E-state index contributed by atoms with van der Waals surface area (Å²) >= 11 is 0. The smallest absolute Gasteiger partial charge is 0.306 e. The zero-order valence-electron chi connectivity index (χ0n) is 66.8. The highest BCUT2D eigenvalue weighted by Gasteiger charge is 2.22. The molecular weight excluding hydrogens is 1250 g/mol. The van der Waals surface area contributed by atoms with Crippen molar-refractivity contribution in [3.8, 4) is 0 Å². The van der Waals surface area contributed by atoms with Crippen LogP contribution in [0.4, 0.5) is 0 Å². The quantitative estimate of drug-likeness (QED) is 0.0195. The molecule has 0 radical (unpaired) electrons. The zero-order chi connectivity index (χ0) is 73.2. The van der Waals surface area contributed by atoms with Gasteiger partial charge >= 0.3 is 11.9 Å². The Balaban J connectivity index is 4.03. The third kappa shape index (κ3) is 82.8. The summed E-state index contributed by atoms with van der Waals surface area (Å²) in [5, 5.41) is 11.9. The molecule has 0 bridgehead atoms. The van der Waals surface area contributed by atoms with Crippen LogP contribution in [0.15, 0.2) is 122 Å². The zero-order valence-corrected chi connectivity index (χ0v) is 66.8. The monoisotopic (exact) mass is 1410 g/mol. The molecule has 0 N–H and O–H groups in total. The van der Waals surface area contributed by atoms with Crippen LogP contribution in [-0.2, 0) is 33.3 Å². The van der Waals surface area contributed by atoms with E-state index in [1.165, 1.54) is 244 Å². The molecule has 0 saturated heterocycles. The third-order valence-electron chi connectivity index (χ3n) is 18.7. The van der Waals surface area contributed by atoms with Gasteiger partial charge in [-0.25, -0.2) is 0 Å². The Morgan fingerprint density at radius 2 is 0.564 bits per heavy atom. The Kier molecular flexibility index (Phi) is 77.9. The highest BCUT2D eigenvalue weighted by Crippen LogP contribution is 2.20. The average molecular weight is 1410 g/mol. The molecule has 9 heteroatoms. The lowest BCUT2D eigenvalue weighted by Gasteiger charge is -2.26. The van der Waals surface area contributed by atoms with Gasteiger partial charge in [0.15, 0.2) is 12.4 Å². The van der Waals surface area contributed by atoms with Crippen molar-refractivity contribution >= 4 is 17.9 Å². The number of allylic oxidation sites excluding steroid dienone is 20. The van der Waals surface area contributed by atoms with Crippen LogP contribution in [0.25, 0.3) is 0 Å². The minimum Gasteiger partial charge on any atom is -0.545 e. The van der Waals surface area contributed by atoms with Gasteiger partial charge in [0.2, 0.25) is 0 Å². The van der Waals surface area contributed by atoms with E-state index in [1.54, 1.807) is 0 Å². The summed E-state index contributed by atoms with van der Waals surface area (Å²) in [4.78, 5) is 37.6. The van der Waals surface area contributed by atoms with Crippen molar-refractivity contribution in [1.29, 1.82) is 0 Å². The van der Waals surface area contributed by atoms with E-state index in [2.05, 4.69) is 135 Å². The van der Waals surface area contributed by atoms with Crippen LogP contribution < -0.4 is 5.11 Å². The van der Waals surface area contributed by atoms with Gasteiger partial charge in [0, 0.05) is 12.8 Å². The van der Waals surface area contributed by atoms with Gasteiger partial charge in [0.25, 0.3) is 0 Å². The maximum atomic E-state index is 13.0. The third-order valence-corrected chi connectivity index (χ3v) is 18.7. The summed E-state index contributed by atoms with van der Waals surface area (Å²) in [6.07, 6.45) is 114. The average Bonchev–Trinajstić information content (AvgIpc) is 1.25. The Morgan fingerprint density at radius 1 is 0.307 bits per heavy atom. The van der Waals surface area contributed by atoms with Crippen molar-refractivity contribution in [2.45, 2.75) is 399 Å². The Bertz CT molecular complexity index is 2090. The van der Waals surface area contributed by atoms with Gasteiger partial charge in [-0.15, -0.1) is 0 Å². The van der Waals surface area contributed by atoms with Crippen molar-refractivity contribution in [3.63, 3.8) is 0 Å². The fourth-order valence-electron chi connectivity index (χ4n) is 12.3. The molecule has 0 aliphatic heterocycles. The number of carbonyl (C=O) groups excluding carboxylic acids is 3. The van der Waals surface area contributed by atoms with Crippen LogP contribution in [0.2, 0.25) is 0 Å². The van der Waals surface area contributed by atoms with Crippen LogP contribution in [0.1, 0.15) is 386 Å². The number of aliphatic carboxylic acids is 1. The summed E-state index contributed by atoms with van der Waals surface area (Å²) < 4.78 is 22.8. The number of carboxylic acids is 1. The van der Waals surface area contributed by atoms with Crippen molar-refractivity contribution in [2.24, 2.45) is 0 Å². The second kappa shape index (κ2) is 81.4. The lowest BCUT2D eigenvalue weighted by atomic mass is 10.0. The van der Waals surface area contributed by atoms with Crippen LogP contribution in [0.5, 0.6) is 0 Å². The summed E-state index contributed by atoms with van der Waals surface area (Å²) in [7, 11) is 5.93. The van der Waals surface area contributed by atoms with Gasteiger partial charge in [0.1, 0.15) is 13.2 Å². The van der Waals surface area contributed by atoms with Crippen LogP contribution in [0.3, 0.4) is 0 Å². The first kappa shape index (κ1) is 96.7. The Morgan fingerprint density at radius 3 is 0.842 bits per heavy atom. The molecule has 0 aromatic heterocycles. The maximum absolute atomic E-state index is 13.0. The van der Waals surface area contributed by atoms with Crippen LogP contribution >= 0.6 is 0 Å². The molecular formula is C92H161NO8. The fraction of sp³-hybridized carbons (Fsp3) is 0.750. The van der Waals surface area contributed by atoms with E-state index >= 15 is 0 Å². The van der Waals surface area contributed by atoms with E-state index < -0.39 is 24.3 Å². The number of nitrogens with zero attached hydrogens (tertiary/aromatic N) is 1. The van der Waals surface area contributed by atoms with Crippen molar-refractivity contribution in [3.05, 3.63) is 122 Å². The van der Waals surface area contributed by atoms with E-state index in [4.69, 9.17) is 18.9 Å². The van der Waals surface area contributed by atoms with Gasteiger partial charge in [-0.1, -0.05) is 405 Å². The van der Waals surface area contributed by atoms with E-state index in [0.717, 1.165) is 109 Å². The molecule has 2 unspecified atom stereocenters. The molecule has 0 aromatic carbocycles. The summed E-state index contributed by atoms with van der Waals surface area (Å²) in [5.74, 6) is -2.31. The Labute approximate surface area is 625 Å². The first-order valence-corrected chi connectivity index (χ1v) is 42.7. The van der Waals surface area contributed by atoms with E-state index in [9.17, 15) is 19.5 Å². The fourth-order valence-corrected chi connectivity index (χ4v) is 12.3. The maximum Gasteiger partial charge on any atom is 0.306 e. The summed E-state index contributed by atoms with van der Waals surface area (Å²) in [6.45, 7) is 4.64. The SMILES string of the molecule is CC/C=C\C/C=C\C/C=C\C/C=C\C/C=C\C/C=C\C/C=C\C/C=C\C/C=C\C/C=C\CCCCCCC(=O)OC(COC(=O)CCCCCCCCCCCCCCCCCCCCCCCCCCCCCCCCCCCCCCCCCCC)COC(OCC[N+](C)(C)C)C(=O)[O-]. The van der Waals surface area contributed by atoms with Crippen molar-refractivity contribution in [1.82, 2.24) is 0 Å². The van der Waals surface area contributed by atoms with Gasteiger partial charge in [-0.05, 0) is 89.9 Å². The molecule has 0 heterocycles. The van der Waals surface area contributed by atoms with Gasteiger partial charge in [0.05, 0.1) is 40.3 Å². The molecule has 2 atom stereocenters. The van der Waals surface area contributed by atoms with Crippen molar-refractivity contribution < 1.29 is 42.9 Å². The topological polar surface area (TPSA) is 111 Å². The summed E-state index contributed by atoms with van der Waals surface area (Å²) in [5.41, 5.74) is 0. The normalized spacial score (nSPS) is 13.2. The van der Waals surface area contributed by atoms with E-state index in [-0.39, 0.29) is 38.6 Å². The highest BCUT2D eigenvalue weighted by atomic mass is 16.7. The number of unbranched alkanes of at least 4 members (excludes halogenated alkanes) is 44. The number of rotatable bonds is 79. The molecule has 0 rings (SSSR count). The van der Waals surface area contributed by atoms with Crippen LogP contribution in [0, 0.1) is 0 Å². The first-order valence-electron chi connectivity index (χ1n) is 42.7.